The Hall–Kier alpha value is -0.910. The Morgan fingerprint density at radius 2 is 0.606 bits per heavy atom. The summed E-state index contributed by atoms with van der Waals surface area (Å²) in [7, 11) is 0. The van der Waals surface area contributed by atoms with Crippen LogP contribution in [0.15, 0.2) is 12.2 Å². The molecule has 1 amide bonds. The first-order valence-electron chi connectivity index (χ1n) is 30.5. The Labute approximate surface area is 414 Å². The number of carbonyl (C=O) groups is 1. The highest BCUT2D eigenvalue weighted by Gasteiger charge is 2.26. The molecule has 5 nitrogen and oxygen atoms in total. The molecule has 0 aliphatic carbocycles. The lowest BCUT2D eigenvalue weighted by atomic mass is 9.99. The van der Waals surface area contributed by atoms with Gasteiger partial charge in [-0.05, 0) is 38.5 Å². The van der Waals surface area contributed by atoms with Gasteiger partial charge < -0.3 is 20.6 Å². The molecule has 394 valence electrons. The van der Waals surface area contributed by atoms with Gasteiger partial charge in [0.15, 0.2) is 0 Å². The first kappa shape index (κ1) is 65.1. The molecule has 0 heterocycles. The third-order valence-electron chi connectivity index (χ3n) is 14.6. The number of hydrogen-bond donors (Lipinski definition) is 4. The van der Waals surface area contributed by atoms with Crippen LogP contribution in [0.1, 0.15) is 348 Å². The Morgan fingerprint density at radius 3 is 0.879 bits per heavy atom. The molecular formula is C61H121NO4. The number of nitrogens with one attached hydrogen (secondary N) is 1. The van der Waals surface area contributed by atoms with E-state index < -0.39 is 18.2 Å². The van der Waals surface area contributed by atoms with Crippen molar-refractivity contribution < 1.29 is 20.1 Å². The number of amides is 1. The van der Waals surface area contributed by atoms with Crippen molar-refractivity contribution in [3.63, 3.8) is 0 Å². The zero-order valence-corrected chi connectivity index (χ0v) is 45.1. The molecule has 0 aromatic carbocycles. The molecule has 0 aromatic heterocycles. The largest absolute Gasteiger partial charge is 0.394 e. The SMILES string of the molecule is CCCCCCCCCCCCCC/C=C\CCCCCCCCCCCCCCCCCCCC(=O)NC(CO)C(O)C(O)CCCCCCCCCCCCCCCCCCCCC. The fraction of sp³-hybridized carbons (Fsp3) is 0.951. The predicted molar refractivity (Wildman–Crippen MR) is 292 cm³/mol. The summed E-state index contributed by atoms with van der Waals surface area (Å²) in [6.07, 6.45) is 71.0. The standard InChI is InChI=1S/C61H121NO4/c1-3-5-7-9-11-13-15-17-19-21-23-24-25-26-27-28-29-30-31-32-33-34-35-36-38-40-42-44-46-48-50-52-54-56-60(65)62-58(57-63)61(66)59(64)55-53-51-49-47-45-43-41-39-37-22-20-18-16-14-12-10-8-6-4-2/h26-27,58-59,61,63-64,66H,3-25,28-57H2,1-2H3,(H,62,65)/b27-26-. The van der Waals surface area contributed by atoms with Crippen LogP contribution in [0.3, 0.4) is 0 Å². The predicted octanol–water partition coefficient (Wildman–Crippen LogP) is 19.1. The smallest absolute Gasteiger partial charge is 0.220 e. The second-order valence-electron chi connectivity index (χ2n) is 21.3. The number of aliphatic hydroxyl groups is 3. The third kappa shape index (κ3) is 51.0. The maximum atomic E-state index is 12.5. The van der Waals surface area contributed by atoms with Gasteiger partial charge >= 0.3 is 0 Å². The van der Waals surface area contributed by atoms with E-state index in [1.54, 1.807) is 0 Å². The summed E-state index contributed by atoms with van der Waals surface area (Å²) in [5.74, 6) is -0.137. The summed E-state index contributed by atoms with van der Waals surface area (Å²) in [5, 5.41) is 33.8. The average Bonchev–Trinajstić information content (AvgIpc) is 3.32. The van der Waals surface area contributed by atoms with E-state index in [1.165, 1.54) is 289 Å². The lowest BCUT2D eigenvalue weighted by Gasteiger charge is -2.26. The van der Waals surface area contributed by atoms with Gasteiger partial charge in [0.2, 0.25) is 5.91 Å². The van der Waals surface area contributed by atoms with Crippen LogP contribution < -0.4 is 5.32 Å². The van der Waals surface area contributed by atoms with Gasteiger partial charge in [-0.3, -0.25) is 4.79 Å². The molecule has 0 fully saturated rings. The topological polar surface area (TPSA) is 89.8 Å². The maximum absolute atomic E-state index is 12.5. The summed E-state index contributed by atoms with van der Waals surface area (Å²) in [4.78, 5) is 12.5. The van der Waals surface area contributed by atoms with Gasteiger partial charge in [0.1, 0.15) is 6.10 Å². The highest BCUT2D eigenvalue weighted by Crippen LogP contribution is 2.19. The number of unbranched alkanes of at least 4 members (excludes halogenated alkanes) is 47. The second kappa shape index (κ2) is 56.7. The van der Waals surface area contributed by atoms with Crippen molar-refractivity contribution in [2.45, 2.75) is 366 Å². The normalized spacial score (nSPS) is 13.2. The molecule has 0 rings (SSSR count). The molecule has 4 N–H and O–H groups in total. The minimum absolute atomic E-state index is 0.137. The zero-order chi connectivity index (χ0) is 47.9. The summed E-state index contributed by atoms with van der Waals surface area (Å²) in [5.41, 5.74) is 0. The molecule has 0 aliphatic rings. The van der Waals surface area contributed by atoms with Crippen LogP contribution in [-0.2, 0) is 4.79 Å². The number of rotatable bonds is 57. The van der Waals surface area contributed by atoms with Gasteiger partial charge in [-0.25, -0.2) is 0 Å². The van der Waals surface area contributed by atoms with Crippen LogP contribution in [0, 0.1) is 0 Å². The highest BCUT2D eigenvalue weighted by atomic mass is 16.3. The van der Waals surface area contributed by atoms with Crippen LogP contribution in [0.2, 0.25) is 0 Å². The van der Waals surface area contributed by atoms with Crippen molar-refractivity contribution in [2.24, 2.45) is 0 Å². The molecule has 5 heteroatoms. The van der Waals surface area contributed by atoms with Crippen molar-refractivity contribution in [3.8, 4) is 0 Å². The molecule has 0 saturated heterocycles. The Morgan fingerprint density at radius 1 is 0.364 bits per heavy atom. The third-order valence-corrected chi connectivity index (χ3v) is 14.6. The summed E-state index contributed by atoms with van der Waals surface area (Å²) >= 11 is 0. The van der Waals surface area contributed by atoms with Crippen molar-refractivity contribution >= 4 is 5.91 Å². The molecule has 0 aromatic rings. The van der Waals surface area contributed by atoms with Crippen molar-refractivity contribution in [2.75, 3.05) is 6.61 Å². The van der Waals surface area contributed by atoms with E-state index in [2.05, 4.69) is 31.3 Å². The van der Waals surface area contributed by atoms with Crippen molar-refractivity contribution in [1.29, 1.82) is 0 Å². The quantitative estimate of drug-likeness (QED) is 0.0361. The van der Waals surface area contributed by atoms with Crippen LogP contribution in [0.4, 0.5) is 0 Å². The van der Waals surface area contributed by atoms with E-state index in [1.807, 2.05) is 0 Å². The molecular weight excluding hydrogens is 811 g/mol. The van der Waals surface area contributed by atoms with Crippen LogP contribution >= 0.6 is 0 Å². The fourth-order valence-corrected chi connectivity index (χ4v) is 9.93. The van der Waals surface area contributed by atoms with Gasteiger partial charge in [0, 0.05) is 6.42 Å². The lowest BCUT2D eigenvalue weighted by molar-refractivity contribution is -0.124. The summed E-state index contributed by atoms with van der Waals surface area (Å²) < 4.78 is 0. The Bertz CT molecular complexity index is 940. The summed E-state index contributed by atoms with van der Waals surface area (Å²) in [6.45, 7) is 4.23. The first-order chi connectivity index (χ1) is 32.6. The minimum Gasteiger partial charge on any atom is -0.394 e. The van der Waals surface area contributed by atoms with Gasteiger partial charge in [0.25, 0.3) is 0 Å². The van der Waals surface area contributed by atoms with Crippen molar-refractivity contribution in [3.05, 3.63) is 12.2 Å². The molecule has 0 aliphatic heterocycles. The molecule has 0 bridgehead atoms. The van der Waals surface area contributed by atoms with Crippen LogP contribution in [0.5, 0.6) is 0 Å². The van der Waals surface area contributed by atoms with E-state index in [-0.39, 0.29) is 12.5 Å². The molecule has 0 radical (unpaired) electrons. The molecule has 66 heavy (non-hydrogen) atoms. The molecule has 0 spiro atoms. The zero-order valence-electron chi connectivity index (χ0n) is 45.1. The lowest BCUT2D eigenvalue weighted by Crippen LogP contribution is -2.50. The van der Waals surface area contributed by atoms with Gasteiger partial charge in [-0.1, -0.05) is 315 Å². The maximum Gasteiger partial charge on any atom is 0.220 e. The van der Waals surface area contributed by atoms with Crippen molar-refractivity contribution in [1.82, 2.24) is 5.32 Å². The van der Waals surface area contributed by atoms with E-state index in [0.29, 0.717) is 12.8 Å². The van der Waals surface area contributed by atoms with E-state index in [4.69, 9.17) is 0 Å². The monoisotopic (exact) mass is 932 g/mol. The van der Waals surface area contributed by atoms with E-state index in [9.17, 15) is 20.1 Å². The van der Waals surface area contributed by atoms with Gasteiger partial charge in [0.05, 0.1) is 18.8 Å². The Balaban J connectivity index is 3.46. The Kier molecular flexibility index (Phi) is 55.9. The number of hydrogen-bond acceptors (Lipinski definition) is 4. The molecule has 3 unspecified atom stereocenters. The van der Waals surface area contributed by atoms with Crippen LogP contribution in [0.25, 0.3) is 0 Å². The van der Waals surface area contributed by atoms with Crippen LogP contribution in [-0.4, -0.2) is 46.1 Å². The minimum atomic E-state index is -1.13. The number of carbonyl (C=O) groups excluding carboxylic acids is 1. The number of aliphatic hydroxyl groups excluding tert-OH is 3. The molecule has 0 saturated carbocycles. The molecule has 3 atom stereocenters. The highest BCUT2D eigenvalue weighted by molar-refractivity contribution is 5.76. The number of allylic oxidation sites excluding steroid dienone is 2. The fourth-order valence-electron chi connectivity index (χ4n) is 9.93. The van der Waals surface area contributed by atoms with E-state index >= 15 is 0 Å². The second-order valence-corrected chi connectivity index (χ2v) is 21.3. The van der Waals surface area contributed by atoms with E-state index in [0.717, 1.165) is 32.1 Å². The first-order valence-corrected chi connectivity index (χ1v) is 30.5. The van der Waals surface area contributed by atoms with Gasteiger partial charge in [-0.15, -0.1) is 0 Å². The van der Waals surface area contributed by atoms with Gasteiger partial charge in [-0.2, -0.15) is 0 Å². The summed E-state index contributed by atoms with van der Waals surface area (Å²) in [6, 6.07) is -0.806. The average molecular weight is 933 g/mol.